The van der Waals surface area contributed by atoms with Crippen LogP contribution in [0.15, 0.2) is 24.3 Å². The van der Waals surface area contributed by atoms with Crippen LogP contribution in [0.25, 0.3) is 0 Å². The van der Waals surface area contributed by atoms with Crippen molar-refractivity contribution in [3.8, 4) is 11.5 Å². The van der Waals surface area contributed by atoms with Crippen LogP contribution in [-0.2, 0) is 0 Å². The molecule has 0 bridgehead atoms. The number of hydrogen-bond acceptors (Lipinski definition) is 2. The van der Waals surface area contributed by atoms with Gasteiger partial charge in [0, 0.05) is 13.3 Å². The monoisotopic (exact) mass is 163 g/mol. The van der Waals surface area contributed by atoms with Gasteiger partial charge in [-0.25, -0.2) is 0 Å². The average Bonchev–Trinajstić information content (AvgIpc) is 2.42. The van der Waals surface area contributed by atoms with E-state index in [2.05, 4.69) is 6.92 Å². The molecule has 1 aliphatic rings. The molecule has 2 rings (SSSR count). The van der Waals surface area contributed by atoms with Crippen LogP contribution in [0.4, 0.5) is 0 Å². The van der Waals surface area contributed by atoms with Crippen LogP contribution in [0.1, 0.15) is 13.3 Å². The highest BCUT2D eigenvalue weighted by Crippen LogP contribution is 2.39. The fraction of sp³-hybridized carbons (Fsp3) is 0.300. The van der Waals surface area contributed by atoms with Gasteiger partial charge in [0.15, 0.2) is 11.5 Å². The summed E-state index contributed by atoms with van der Waals surface area (Å²) in [6.45, 7) is 5.66. The summed E-state index contributed by atoms with van der Waals surface area (Å²) in [6, 6.07) is 7.65. The van der Waals surface area contributed by atoms with Crippen LogP contribution in [-0.4, -0.2) is 5.79 Å². The van der Waals surface area contributed by atoms with E-state index >= 15 is 0 Å². The SMILES string of the molecule is [CH2]CC1(C)Oc2ccccc2O1. The van der Waals surface area contributed by atoms with Crippen molar-refractivity contribution < 1.29 is 9.47 Å². The van der Waals surface area contributed by atoms with Crippen molar-refractivity contribution in [3.05, 3.63) is 31.2 Å². The Labute approximate surface area is 72.1 Å². The molecule has 0 aromatic heterocycles. The van der Waals surface area contributed by atoms with Crippen molar-refractivity contribution in [2.75, 3.05) is 0 Å². The molecule has 0 saturated carbocycles. The Morgan fingerprint density at radius 3 is 2.17 bits per heavy atom. The molecule has 0 amide bonds. The maximum atomic E-state index is 5.56. The number of ether oxygens (including phenoxy) is 2. The third kappa shape index (κ3) is 1.04. The maximum absolute atomic E-state index is 5.56. The molecular formula is C10H11O2. The smallest absolute Gasteiger partial charge is 0.248 e. The Bertz CT molecular complexity index is 269. The molecule has 0 N–H and O–H groups in total. The van der Waals surface area contributed by atoms with E-state index in [4.69, 9.17) is 9.47 Å². The van der Waals surface area contributed by atoms with E-state index in [1.54, 1.807) is 0 Å². The zero-order valence-electron chi connectivity index (χ0n) is 7.04. The molecule has 12 heavy (non-hydrogen) atoms. The van der Waals surface area contributed by atoms with Gasteiger partial charge in [0.25, 0.3) is 0 Å². The molecule has 63 valence electrons. The van der Waals surface area contributed by atoms with E-state index < -0.39 is 5.79 Å². The first-order valence-electron chi connectivity index (χ1n) is 4.00. The van der Waals surface area contributed by atoms with E-state index in [1.165, 1.54) is 0 Å². The molecule has 1 aromatic carbocycles. The lowest BCUT2D eigenvalue weighted by molar-refractivity contribution is -0.0587. The van der Waals surface area contributed by atoms with E-state index in [9.17, 15) is 0 Å². The summed E-state index contributed by atoms with van der Waals surface area (Å²) in [5.41, 5.74) is 0. The van der Waals surface area contributed by atoms with Crippen LogP contribution >= 0.6 is 0 Å². The van der Waals surface area contributed by atoms with E-state index in [0.29, 0.717) is 6.42 Å². The summed E-state index contributed by atoms with van der Waals surface area (Å²) >= 11 is 0. The lowest BCUT2D eigenvalue weighted by Gasteiger charge is -2.20. The van der Waals surface area contributed by atoms with Gasteiger partial charge in [-0.15, -0.1) is 0 Å². The van der Waals surface area contributed by atoms with E-state index in [0.717, 1.165) is 11.5 Å². The predicted octanol–water partition coefficient (Wildman–Crippen LogP) is 2.40. The number of rotatable bonds is 1. The largest absolute Gasteiger partial charge is 0.449 e. The molecular weight excluding hydrogens is 152 g/mol. The van der Waals surface area contributed by atoms with Gasteiger partial charge in [0.1, 0.15) is 0 Å². The van der Waals surface area contributed by atoms with Crippen LogP contribution in [0, 0.1) is 6.92 Å². The van der Waals surface area contributed by atoms with Gasteiger partial charge in [-0.2, -0.15) is 0 Å². The molecule has 1 aliphatic heterocycles. The topological polar surface area (TPSA) is 18.5 Å². The number of para-hydroxylation sites is 2. The Morgan fingerprint density at radius 2 is 1.75 bits per heavy atom. The highest BCUT2D eigenvalue weighted by atomic mass is 16.7. The summed E-state index contributed by atoms with van der Waals surface area (Å²) in [7, 11) is 0. The summed E-state index contributed by atoms with van der Waals surface area (Å²) in [5.74, 6) is 1.05. The second-order valence-electron chi connectivity index (χ2n) is 3.03. The number of benzene rings is 1. The fourth-order valence-electron chi connectivity index (χ4n) is 1.21. The minimum atomic E-state index is -0.566. The van der Waals surface area contributed by atoms with Gasteiger partial charge < -0.3 is 9.47 Å². The Hall–Kier alpha value is -1.18. The summed E-state index contributed by atoms with van der Waals surface area (Å²) in [5, 5.41) is 0. The molecule has 1 heterocycles. The molecule has 0 saturated heterocycles. The lowest BCUT2D eigenvalue weighted by atomic mass is 10.2. The molecule has 0 fully saturated rings. The summed E-state index contributed by atoms with van der Waals surface area (Å²) in [4.78, 5) is 0. The summed E-state index contributed by atoms with van der Waals surface area (Å²) in [6.07, 6.45) is 0.599. The minimum absolute atomic E-state index is 0.566. The zero-order chi connectivity index (χ0) is 8.60. The lowest BCUT2D eigenvalue weighted by Crippen LogP contribution is -2.33. The fourth-order valence-corrected chi connectivity index (χ4v) is 1.21. The van der Waals surface area contributed by atoms with Crippen LogP contribution in [0.5, 0.6) is 11.5 Å². The Morgan fingerprint density at radius 1 is 1.25 bits per heavy atom. The number of hydrogen-bond donors (Lipinski definition) is 0. The third-order valence-corrected chi connectivity index (χ3v) is 1.95. The van der Waals surface area contributed by atoms with Gasteiger partial charge in [0.2, 0.25) is 5.79 Å². The van der Waals surface area contributed by atoms with Gasteiger partial charge in [-0.3, -0.25) is 0 Å². The first kappa shape index (κ1) is 7.47. The van der Waals surface area contributed by atoms with Crippen molar-refractivity contribution >= 4 is 0 Å². The molecule has 0 atom stereocenters. The van der Waals surface area contributed by atoms with Gasteiger partial charge in [-0.05, 0) is 19.1 Å². The van der Waals surface area contributed by atoms with Crippen LogP contribution in [0.2, 0.25) is 0 Å². The van der Waals surface area contributed by atoms with Crippen molar-refractivity contribution in [2.45, 2.75) is 19.1 Å². The van der Waals surface area contributed by atoms with E-state index in [1.807, 2.05) is 31.2 Å². The van der Waals surface area contributed by atoms with Crippen molar-refractivity contribution in [1.82, 2.24) is 0 Å². The Kier molecular flexibility index (Phi) is 1.50. The highest BCUT2D eigenvalue weighted by molar-refractivity contribution is 5.42. The van der Waals surface area contributed by atoms with Crippen LogP contribution in [0.3, 0.4) is 0 Å². The van der Waals surface area contributed by atoms with Crippen molar-refractivity contribution in [1.29, 1.82) is 0 Å². The highest BCUT2D eigenvalue weighted by Gasteiger charge is 2.34. The molecule has 2 nitrogen and oxygen atoms in total. The zero-order valence-corrected chi connectivity index (χ0v) is 7.04. The molecule has 2 heteroatoms. The molecule has 0 unspecified atom stereocenters. The quantitative estimate of drug-likeness (QED) is 0.633. The standard InChI is InChI=1S/C10H11O2/c1-3-10(2)11-8-6-4-5-7-9(8)12-10/h4-7H,1,3H2,2H3. The molecule has 0 aliphatic carbocycles. The predicted molar refractivity (Wildman–Crippen MR) is 46.1 cm³/mol. The third-order valence-electron chi connectivity index (χ3n) is 1.95. The summed E-state index contributed by atoms with van der Waals surface area (Å²) < 4.78 is 11.1. The van der Waals surface area contributed by atoms with Gasteiger partial charge >= 0.3 is 0 Å². The normalized spacial score (nSPS) is 17.8. The molecule has 1 radical (unpaired) electrons. The van der Waals surface area contributed by atoms with E-state index in [-0.39, 0.29) is 0 Å². The first-order valence-corrected chi connectivity index (χ1v) is 4.00. The Balaban J connectivity index is 2.33. The average molecular weight is 163 g/mol. The van der Waals surface area contributed by atoms with Gasteiger partial charge in [-0.1, -0.05) is 12.1 Å². The maximum Gasteiger partial charge on any atom is 0.248 e. The second kappa shape index (κ2) is 2.41. The van der Waals surface area contributed by atoms with Crippen molar-refractivity contribution in [2.24, 2.45) is 0 Å². The van der Waals surface area contributed by atoms with Crippen molar-refractivity contribution in [3.63, 3.8) is 0 Å². The first-order chi connectivity index (χ1) is 5.73. The van der Waals surface area contributed by atoms with Crippen LogP contribution < -0.4 is 9.47 Å². The number of fused-ring (bicyclic) bond motifs is 1. The molecule has 1 aromatic rings. The van der Waals surface area contributed by atoms with Gasteiger partial charge in [0.05, 0.1) is 0 Å². The minimum Gasteiger partial charge on any atom is -0.449 e. The molecule has 0 spiro atoms. The second-order valence-corrected chi connectivity index (χ2v) is 3.03.